The first-order chi connectivity index (χ1) is 11.3. The van der Waals surface area contributed by atoms with E-state index in [0.29, 0.717) is 5.92 Å². The molecule has 0 aliphatic carbocycles. The fraction of sp³-hybridized carbons (Fsp3) is 0.684. The molecule has 1 aliphatic rings. The molecule has 1 aromatic carbocycles. The van der Waals surface area contributed by atoms with Gasteiger partial charge in [-0.3, -0.25) is 4.57 Å². The van der Waals surface area contributed by atoms with Crippen LogP contribution in [-0.4, -0.2) is 46.0 Å². The van der Waals surface area contributed by atoms with Crippen molar-refractivity contribution in [3.63, 3.8) is 0 Å². The lowest BCUT2D eigenvalue weighted by Crippen LogP contribution is -2.66. The highest BCUT2D eigenvalue weighted by atomic mass is 28.4. The van der Waals surface area contributed by atoms with Gasteiger partial charge in [-0.15, -0.1) is 0 Å². The van der Waals surface area contributed by atoms with Gasteiger partial charge in [0.1, 0.15) is 0 Å². The highest BCUT2D eigenvalue weighted by molar-refractivity contribution is 6.84. The number of ether oxygens (including phenoxy) is 1. The molecule has 23 heavy (non-hydrogen) atoms. The van der Waals surface area contributed by atoms with Crippen LogP contribution in [0.2, 0.25) is 6.04 Å². The summed E-state index contributed by atoms with van der Waals surface area (Å²) >= 11 is 0. The van der Waals surface area contributed by atoms with Crippen LogP contribution in [0.15, 0.2) is 30.3 Å². The zero-order valence-corrected chi connectivity index (χ0v) is 16.1. The van der Waals surface area contributed by atoms with E-state index in [2.05, 4.69) is 55.7 Å². The van der Waals surface area contributed by atoms with E-state index in [-0.39, 0.29) is 0 Å². The number of hydrogen-bond donors (Lipinski definition) is 0. The van der Waals surface area contributed by atoms with Crippen molar-refractivity contribution < 1.29 is 9.16 Å². The Bertz CT molecular complexity index is 434. The molecule has 2 rings (SSSR count). The zero-order chi connectivity index (χ0) is 16.5. The number of rotatable bonds is 11. The van der Waals surface area contributed by atoms with Crippen LogP contribution in [0, 0.1) is 5.92 Å². The first-order valence-electron chi connectivity index (χ1n) is 9.29. The van der Waals surface area contributed by atoms with Gasteiger partial charge in [-0.1, -0.05) is 63.9 Å². The summed E-state index contributed by atoms with van der Waals surface area (Å²) < 4.78 is 14.8. The molecular weight excluding hydrogens is 302 g/mol. The predicted molar refractivity (Wildman–Crippen MR) is 99.3 cm³/mol. The van der Waals surface area contributed by atoms with Gasteiger partial charge in [-0.05, 0) is 30.7 Å². The van der Waals surface area contributed by atoms with E-state index >= 15 is 0 Å². The molecule has 0 spiro atoms. The Hall–Kier alpha value is -0.683. The maximum atomic E-state index is 6.78. The van der Waals surface area contributed by atoms with Gasteiger partial charge in [0.15, 0.2) is 0 Å². The SMILES string of the molecule is CCCCCO[Si](CC1COC1)(c1ccccc1)N(CC)CC. The predicted octanol–water partition coefficient (Wildman–Crippen LogP) is 3.53. The van der Waals surface area contributed by atoms with Crippen LogP contribution < -0.4 is 5.19 Å². The van der Waals surface area contributed by atoms with Gasteiger partial charge in [0.2, 0.25) is 0 Å². The minimum Gasteiger partial charge on any atom is -0.400 e. The zero-order valence-electron chi connectivity index (χ0n) is 15.1. The highest BCUT2D eigenvalue weighted by Crippen LogP contribution is 2.27. The Morgan fingerprint density at radius 3 is 2.30 bits per heavy atom. The summed E-state index contributed by atoms with van der Waals surface area (Å²) in [5.41, 5.74) is 0. The quantitative estimate of drug-likeness (QED) is 0.456. The van der Waals surface area contributed by atoms with Crippen molar-refractivity contribution in [3.8, 4) is 0 Å². The van der Waals surface area contributed by atoms with Gasteiger partial charge in [0.05, 0.1) is 13.2 Å². The lowest BCUT2D eigenvalue weighted by atomic mass is 10.1. The second kappa shape index (κ2) is 9.57. The van der Waals surface area contributed by atoms with Crippen LogP contribution in [0.1, 0.15) is 40.0 Å². The molecule has 0 radical (unpaired) electrons. The average Bonchev–Trinajstić information content (AvgIpc) is 2.56. The molecule has 1 saturated heterocycles. The Kier molecular flexibility index (Phi) is 7.76. The molecule has 0 saturated carbocycles. The Morgan fingerprint density at radius 1 is 1.09 bits per heavy atom. The van der Waals surface area contributed by atoms with Crippen LogP contribution in [0.25, 0.3) is 0 Å². The van der Waals surface area contributed by atoms with Gasteiger partial charge >= 0.3 is 8.48 Å². The van der Waals surface area contributed by atoms with Gasteiger partial charge in [-0.25, -0.2) is 0 Å². The van der Waals surface area contributed by atoms with Crippen LogP contribution in [-0.2, 0) is 9.16 Å². The molecular formula is C19H33NO2Si. The van der Waals surface area contributed by atoms with Crippen molar-refractivity contribution in [2.24, 2.45) is 5.92 Å². The number of hydrogen-bond acceptors (Lipinski definition) is 3. The van der Waals surface area contributed by atoms with Gasteiger partial charge in [0, 0.05) is 12.5 Å². The standard InChI is InChI=1S/C19H33NO2Si/c1-4-7-11-14-22-23(20(5-2)6-3,17-18-15-21-16-18)19-12-9-8-10-13-19/h8-10,12-13,18H,4-7,11,14-17H2,1-3H3. The number of unbranched alkanes of at least 4 members (excludes halogenated alkanes) is 2. The number of benzene rings is 1. The van der Waals surface area contributed by atoms with Crippen molar-refractivity contribution in [1.82, 2.24) is 4.57 Å². The Balaban J connectivity index is 2.26. The van der Waals surface area contributed by atoms with Crippen molar-refractivity contribution in [2.45, 2.75) is 46.1 Å². The maximum absolute atomic E-state index is 6.78. The molecule has 4 heteroatoms. The van der Waals surface area contributed by atoms with E-state index in [1.807, 2.05) is 0 Å². The van der Waals surface area contributed by atoms with Crippen LogP contribution >= 0.6 is 0 Å². The molecule has 1 aromatic rings. The van der Waals surface area contributed by atoms with Crippen molar-refractivity contribution in [1.29, 1.82) is 0 Å². The van der Waals surface area contributed by atoms with Crippen LogP contribution in [0.4, 0.5) is 0 Å². The second-order valence-electron chi connectivity index (χ2n) is 6.49. The first kappa shape index (κ1) is 18.7. The summed E-state index contributed by atoms with van der Waals surface area (Å²) in [5.74, 6) is 0.661. The molecule has 1 aliphatic heterocycles. The lowest BCUT2D eigenvalue weighted by molar-refractivity contribution is -0.0255. The molecule has 1 unspecified atom stereocenters. The van der Waals surface area contributed by atoms with Gasteiger partial charge < -0.3 is 9.16 Å². The summed E-state index contributed by atoms with van der Waals surface area (Å²) in [6.07, 6.45) is 3.66. The van der Waals surface area contributed by atoms with E-state index in [4.69, 9.17) is 9.16 Å². The summed E-state index contributed by atoms with van der Waals surface area (Å²) in [5, 5.41) is 1.42. The van der Waals surface area contributed by atoms with Gasteiger partial charge in [0.25, 0.3) is 0 Å². The minimum atomic E-state index is -2.13. The smallest absolute Gasteiger partial charge is 0.305 e. The Morgan fingerprint density at radius 2 is 1.78 bits per heavy atom. The van der Waals surface area contributed by atoms with Crippen LogP contribution in [0.5, 0.6) is 0 Å². The third kappa shape index (κ3) is 4.66. The number of nitrogens with zero attached hydrogens (tertiary/aromatic N) is 1. The maximum Gasteiger partial charge on any atom is 0.305 e. The second-order valence-corrected chi connectivity index (χ2v) is 9.96. The summed E-state index contributed by atoms with van der Waals surface area (Å²) in [4.78, 5) is 0. The largest absolute Gasteiger partial charge is 0.400 e. The topological polar surface area (TPSA) is 21.7 Å². The van der Waals surface area contributed by atoms with E-state index < -0.39 is 8.48 Å². The van der Waals surface area contributed by atoms with E-state index in [0.717, 1.165) is 39.0 Å². The van der Waals surface area contributed by atoms with Crippen molar-refractivity contribution in [3.05, 3.63) is 30.3 Å². The molecule has 3 nitrogen and oxygen atoms in total. The van der Waals surface area contributed by atoms with Crippen molar-refractivity contribution in [2.75, 3.05) is 32.9 Å². The molecule has 1 fully saturated rings. The fourth-order valence-electron chi connectivity index (χ4n) is 3.48. The van der Waals surface area contributed by atoms with Crippen LogP contribution in [0.3, 0.4) is 0 Å². The normalized spacial score (nSPS) is 17.9. The summed E-state index contributed by atoms with van der Waals surface area (Å²) in [6, 6.07) is 12.1. The fourth-order valence-corrected chi connectivity index (χ4v) is 8.04. The molecule has 1 heterocycles. The van der Waals surface area contributed by atoms with E-state index in [1.165, 1.54) is 24.4 Å². The molecule has 0 aromatic heterocycles. The van der Waals surface area contributed by atoms with Gasteiger partial charge in [-0.2, -0.15) is 0 Å². The molecule has 0 amide bonds. The Labute approximate surface area is 143 Å². The first-order valence-corrected chi connectivity index (χ1v) is 11.3. The molecule has 1 atom stereocenters. The summed E-state index contributed by atoms with van der Waals surface area (Å²) in [7, 11) is -2.13. The third-order valence-electron chi connectivity index (χ3n) is 4.86. The molecule has 0 N–H and O–H groups in total. The van der Waals surface area contributed by atoms with E-state index in [1.54, 1.807) is 0 Å². The average molecular weight is 336 g/mol. The monoisotopic (exact) mass is 335 g/mol. The molecule has 0 bridgehead atoms. The molecule has 130 valence electrons. The summed E-state index contributed by atoms with van der Waals surface area (Å²) in [6.45, 7) is 11.6. The van der Waals surface area contributed by atoms with Crippen molar-refractivity contribution >= 4 is 13.7 Å². The minimum absolute atomic E-state index is 0.661. The van der Waals surface area contributed by atoms with E-state index in [9.17, 15) is 0 Å². The lowest BCUT2D eigenvalue weighted by Gasteiger charge is -2.44. The highest BCUT2D eigenvalue weighted by Gasteiger charge is 2.46. The third-order valence-corrected chi connectivity index (χ3v) is 9.56.